The number of halogens is 1. The molecule has 0 aliphatic heterocycles. The normalized spacial score (nSPS) is 9.33. The molecule has 1 rings (SSSR count). The molecule has 0 saturated carbocycles. The van der Waals surface area contributed by atoms with Crippen LogP contribution in [0.5, 0.6) is 0 Å². The number of benzene rings is 1. The number of anilines is 1. The molecular formula is C12H13ClN2. The zero-order chi connectivity index (χ0) is 11.1. The minimum Gasteiger partial charge on any atom is -0.384 e. The van der Waals surface area contributed by atoms with Gasteiger partial charge in [-0.3, -0.25) is 0 Å². The van der Waals surface area contributed by atoms with Crippen molar-refractivity contribution in [3.05, 3.63) is 41.4 Å². The Hall–Kier alpha value is -1.46. The van der Waals surface area contributed by atoms with Gasteiger partial charge in [-0.25, -0.2) is 0 Å². The second-order valence-electron chi connectivity index (χ2n) is 3.16. The molecule has 0 amide bonds. The van der Waals surface area contributed by atoms with E-state index in [0.29, 0.717) is 10.6 Å². The van der Waals surface area contributed by atoms with Crippen molar-refractivity contribution in [1.82, 2.24) is 0 Å². The van der Waals surface area contributed by atoms with Gasteiger partial charge in [0.05, 0.1) is 22.3 Å². The fraction of sp³-hybridized carbons (Fsp3) is 0.250. The number of nitrogens with one attached hydrogen (secondary N) is 1. The van der Waals surface area contributed by atoms with E-state index in [0.717, 1.165) is 25.1 Å². The second-order valence-corrected chi connectivity index (χ2v) is 3.57. The Morgan fingerprint density at radius 2 is 2.33 bits per heavy atom. The number of hydrogen-bond acceptors (Lipinski definition) is 2. The third kappa shape index (κ3) is 3.65. The van der Waals surface area contributed by atoms with Crippen molar-refractivity contribution in [3.63, 3.8) is 0 Å². The third-order valence-corrected chi connectivity index (χ3v) is 2.31. The van der Waals surface area contributed by atoms with Crippen molar-refractivity contribution in [2.24, 2.45) is 0 Å². The van der Waals surface area contributed by atoms with Crippen LogP contribution in [-0.2, 0) is 0 Å². The zero-order valence-corrected chi connectivity index (χ0v) is 9.22. The SMILES string of the molecule is C=CCCCNc1ccc(C#N)cc1Cl. The molecule has 2 nitrogen and oxygen atoms in total. The fourth-order valence-corrected chi connectivity index (χ4v) is 1.44. The Balaban J connectivity index is 2.55. The van der Waals surface area contributed by atoms with Gasteiger partial charge < -0.3 is 5.32 Å². The second kappa shape index (κ2) is 6.10. The van der Waals surface area contributed by atoms with Gasteiger partial charge in [0.2, 0.25) is 0 Å². The van der Waals surface area contributed by atoms with E-state index in [9.17, 15) is 0 Å². The van der Waals surface area contributed by atoms with Crippen LogP contribution < -0.4 is 5.32 Å². The highest BCUT2D eigenvalue weighted by Gasteiger charge is 2.00. The zero-order valence-electron chi connectivity index (χ0n) is 8.46. The molecule has 0 aromatic heterocycles. The van der Waals surface area contributed by atoms with Crippen LogP contribution in [0.4, 0.5) is 5.69 Å². The molecule has 78 valence electrons. The summed E-state index contributed by atoms with van der Waals surface area (Å²) in [6.07, 6.45) is 3.91. The highest BCUT2D eigenvalue weighted by Crippen LogP contribution is 2.22. The molecule has 1 aromatic rings. The van der Waals surface area contributed by atoms with E-state index in [1.165, 1.54) is 0 Å². The lowest BCUT2D eigenvalue weighted by Crippen LogP contribution is -2.01. The van der Waals surface area contributed by atoms with Crippen LogP contribution in [0.3, 0.4) is 0 Å². The standard InChI is InChI=1S/C12H13ClN2/c1-2-3-4-7-15-12-6-5-10(9-14)8-11(12)13/h2,5-6,8,15H,1,3-4,7H2. The van der Waals surface area contributed by atoms with Crippen LogP contribution in [0, 0.1) is 11.3 Å². The fourth-order valence-electron chi connectivity index (χ4n) is 1.20. The quantitative estimate of drug-likeness (QED) is 0.608. The first kappa shape index (κ1) is 11.6. The van der Waals surface area contributed by atoms with E-state index in [1.54, 1.807) is 12.1 Å². The first-order valence-electron chi connectivity index (χ1n) is 4.82. The summed E-state index contributed by atoms with van der Waals surface area (Å²) in [5, 5.41) is 12.5. The summed E-state index contributed by atoms with van der Waals surface area (Å²) in [4.78, 5) is 0. The highest BCUT2D eigenvalue weighted by molar-refractivity contribution is 6.33. The van der Waals surface area contributed by atoms with Crippen LogP contribution in [0.25, 0.3) is 0 Å². The van der Waals surface area contributed by atoms with Crippen molar-refractivity contribution in [1.29, 1.82) is 5.26 Å². The van der Waals surface area contributed by atoms with Crippen LogP contribution in [0.15, 0.2) is 30.9 Å². The number of nitriles is 1. The van der Waals surface area contributed by atoms with Gasteiger partial charge in [-0.15, -0.1) is 6.58 Å². The maximum Gasteiger partial charge on any atom is 0.0992 e. The van der Waals surface area contributed by atoms with Gasteiger partial charge in [0.25, 0.3) is 0 Å². The van der Waals surface area contributed by atoms with Gasteiger partial charge in [-0.1, -0.05) is 17.7 Å². The average molecular weight is 221 g/mol. The maximum absolute atomic E-state index is 8.66. The van der Waals surface area contributed by atoms with Crippen molar-refractivity contribution < 1.29 is 0 Å². The Morgan fingerprint density at radius 1 is 1.53 bits per heavy atom. The van der Waals surface area contributed by atoms with Gasteiger partial charge in [0, 0.05) is 6.54 Å². The Labute approximate surface area is 95.2 Å². The molecule has 0 unspecified atom stereocenters. The molecule has 0 aliphatic carbocycles. The largest absolute Gasteiger partial charge is 0.384 e. The molecule has 15 heavy (non-hydrogen) atoms. The van der Waals surface area contributed by atoms with Crippen molar-refractivity contribution in [2.45, 2.75) is 12.8 Å². The summed E-state index contributed by atoms with van der Waals surface area (Å²) in [5.41, 5.74) is 1.45. The molecule has 0 aliphatic rings. The lowest BCUT2D eigenvalue weighted by atomic mass is 10.2. The molecule has 1 N–H and O–H groups in total. The molecule has 0 heterocycles. The predicted octanol–water partition coefficient (Wildman–Crippen LogP) is 3.59. The van der Waals surface area contributed by atoms with E-state index >= 15 is 0 Å². The minimum atomic E-state index is 0.580. The Bertz CT molecular complexity index is 380. The third-order valence-electron chi connectivity index (χ3n) is 2.00. The molecule has 0 spiro atoms. The Morgan fingerprint density at radius 3 is 2.93 bits per heavy atom. The topological polar surface area (TPSA) is 35.8 Å². The molecule has 3 heteroatoms. The number of unbranched alkanes of at least 4 members (excludes halogenated alkanes) is 1. The molecule has 0 bridgehead atoms. The van der Waals surface area contributed by atoms with Crippen LogP contribution in [0.1, 0.15) is 18.4 Å². The summed E-state index contributed by atoms with van der Waals surface area (Å²) in [5.74, 6) is 0. The van der Waals surface area contributed by atoms with Gasteiger partial charge in [-0.2, -0.15) is 5.26 Å². The van der Waals surface area contributed by atoms with Crippen LogP contribution >= 0.6 is 11.6 Å². The van der Waals surface area contributed by atoms with Gasteiger partial charge in [-0.05, 0) is 31.0 Å². The molecule has 0 radical (unpaired) electrons. The summed E-state index contributed by atoms with van der Waals surface area (Å²) < 4.78 is 0. The van der Waals surface area contributed by atoms with Gasteiger partial charge in [0.15, 0.2) is 0 Å². The van der Waals surface area contributed by atoms with E-state index in [4.69, 9.17) is 16.9 Å². The van der Waals surface area contributed by atoms with Crippen molar-refractivity contribution >= 4 is 17.3 Å². The van der Waals surface area contributed by atoms with E-state index < -0.39 is 0 Å². The van der Waals surface area contributed by atoms with E-state index in [-0.39, 0.29) is 0 Å². The van der Waals surface area contributed by atoms with E-state index in [2.05, 4.69) is 11.9 Å². The number of allylic oxidation sites excluding steroid dienone is 1. The highest BCUT2D eigenvalue weighted by atomic mass is 35.5. The monoisotopic (exact) mass is 220 g/mol. The van der Waals surface area contributed by atoms with Crippen molar-refractivity contribution in [2.75, 3.05) is 11.9 Å². The number of rotatable bonds is 5. The first-order valence-corrected chi connectivity index (χ1v) is 5.20. The summed E-state index contributed by atoms with van der Waals surface area (Å²) in [6, 6.07) is 7.29. The summed E-state index contributed by atoms with van der Waals surface area (Å²) >= 11 is 5.99. The lowest BCUT2D eigenvalue weighted by Gasteiger charge is -2.07. The maximum atomic E-state index is 8.66. The minimum absolute atomic E-state index is 0.580. The van der Waals surface area contributed by atoms with Gasteiger partial charge in [0.1, 0.15) is 0 Å². The summed E-state index contributed by atoms with van der Waals surface area (Å²) in [6.45, 7) is 4.51. The number of hydrogen-bond donors (Lipinski definition) is 1. The predicted molar refractivity (Wildman–Crippen MR) is 64.1 cm³/mol. The smallest absolute Gasteiger partial charge is 0.0992 e. The molecular weight excluding hydrogens is 208 g/mol. The summed E-state index contributed by atoms with van der Waals surface area (Å²) in [7, 11) is 0. The molecule has 1 aromatic carbocycles. The van der Waals surface area contributed by atoms with E-state index in [1.807, 2.05) is 18.2 Å². The molecule has 0 saturated heterocycles. The lowest BCUT2D eigenvalue weighted by molar-refractivity contribution is 0.891. The molecule has 0 fully saturated rings. The average Bonchev–Trinajstić information content (AvgIpc) is 2.26. The molecule has 0 atom stereocenters. The first-order chi connectivity index (χ1) is 7.27. The van der Waals surface area contributed by atoms with Crippen LogP contribution in [-0.4, -0.2) is 6.54 Å². The van der Waals surface area contributed by atoms with Gasteiger partial charge >= 0.3 is 0 Å². The van der Waals surface area contributed by atoms with Crippen molar-refractivity contribution in [3.8, 4) is 6.07 Å². The van der Waals surface area contributed by atoms with Crippen LogP contribution in [0.2, 0.25) is 5.02 Å². The Kier molecular flexibility index (Phi) is 4.73. The number of nitrogens with zero attached hydrogens (tertiary/aromatic N) is 1.